The molecule has 144 valence electrons. The summed E-state index contributed by atoms with van der Waals surface area (Å²) in [5.74, 6) is 2.11. The fourth-order valence-corrected chi connectivity index (χ4v) is 2.80. The fraction of sp³-hybridized carbons (Fsp3) is 0.238. The minimum Gasteiger partial charge on any atom is -0.357 e. The molecular formula is C21H24N6O. The Labute approximate surface area is 164 Å². The smallest absolute Gasteiger partial charge is 0.274 e. The van der Waals surface area contributed by atoms with E-state index >= 15 is 0 Å². The summed E-state index contributed by atoms with van der Waals surface area (Å²) in [7, 11) is 0. The van der Waals surface area contributed by atoms with Crippen molar-refractivity contribution in [1.29, 1.82) is 0 Å². The van der Waals surface area contributed by atoms with Crippen LogP contribution in [0.2, 0.25) is 0 Å². The number of benzene rings is 1. The lowest BCUT2D eigenvalue weighted by molar-refractivity contribution is 0.102. The van der Waals surface area contributed by atoms with Crippen LogP contribution in [0, 0.1) is 6.92 Å². The van der Waals surface area contributed by atoms with Crippen molar-refractivity contribution in [2.24, 2.45) is 0 Å². The van der Waals surface area contributed by atoms with Crippen LogP contribution in [0.15, 0.2) is 54.7 Å². The van der Waals surface area contributed by atoms with Crippen LogP contribution < -0.4 is 15.5 Å². The number of pyridine rings is 1. The predicted molar refractivity (Wildman–Crippen MR) is 112 cm³/mol. The molecule has 0 fully saturated rings. The number of nitrogens with one attached hydrogen (secondary N) is 2. The van der Waals surface area contributed by atoms with Crippen LogP contribution in [0.5, 0.6) is 0 Å². The normalized spacial score (nSPS) is 10.4. The summed E-state index contributed by atoms with van der Waals surface area (Å²) in [6.45, 7) is 7.86. The molecule has 0 radical (unpaired) electrons. The SMILES string of the molecule is CCN(CC)c1cc(Nc2ccc(NC(=O)c3ccccn3)cc2)nc(C)n1. The summed E-state index contributed by atoms with van der Waals surface area (Å²) >= 11 is 0. The highest BCUT2D eigenvalue weighted by Crippen LogP contribution is 2.21. The van der Waals surface area contributed by atoms with Gasteiger partial charge in [-0.05, 0) is 57.2 Å². The minimum absolute atomic E-state index is 0.239. The predicted octanol–water partition coefficient (Wildman–Crippen LogP) is 4.02. The minimum atomic E-state index is -0.239. The Morgan fingerprint density at radius 2 is 1.71 bits per heavy atom. The van der Waals surface area contributed by atoms with Crippen molar-refractivity contribution < 1.29 is 4.79 Å². The molecule has 2 heterocycles. The van der Waals surface area contributed by atoms with Crippen LogP contribution >= 0.6 is 0 Å². The number of aromatic nitrogens is 3. The number of rotatable bonds is 7. The number of aryl methyl sites for hydroxylation is 1. The molecule has 28 heavy (non-hydrogen) atoms. The molecule has 0 atom stereocenters. The molecule has 0 aliphatic rings. The molecule has 0 aliphatic heterocycles. The molecule has 7 nitrogen and oxygen atoms in total. The van der Waals surface area contributed by atoms with Gasteiger partial charge in [0.15, 0.2) is 0 Å². The molecule has 0 bridgehead atoms. The Morgan fingerprint density at radius 1 is 1.00 bits per heavy atom. The lowest BCUT2D eigenvalue weighted by Crippen LogP contribution is -2.23. The van der Waals surface area contributed by atoms with Gasteiger partial charge < -0.3 is 15.5 Å². The molecule has 2 N–H and O–H groups in total. The van der Waals surface area contributed by atoms with Gasteiger partial charge in [-0.2, -0.15) is 0 Å². The van der Waals surface area contributed by atoms with E-state index in [9.17, 15) is 4.79 Å². The van der Waals surface area contributed by atoms with E-state index in [1.54, 1.807) is 24.4 Å². The van der Waals surface area contributed by atoms with Crippen LogP contribution in [-0.4, -0.2) is 33.9 Å². The monoisotopic (exact) mass is 376 g/mol. The maximum Gasteiger partial charge on any atom is 0.274 e. The van der Waals surface area contributed by atoms with Crippen LogP contribution in [0.3, 0.4) is 0 Å². The van der Waals surface area contributed by atoms with E-state index in [2.05, 4.69) is 44.3 Å². The van der Waals surface area contributed by atoms with Gasteiger partial charge in [-0.1, -0.05) is 6.07 Å². The first-order valence-corrected chi connectivity index (χ1v) is 9.29. The molecule has 0 saturated carbocycles. The Bertz CT molecular complexity index is 923. The van der Waals surface area contributed by atoms with E-state index in [1.807, 2.05) is 37.3 Å². The van der Waals surface area contributed by atoms with Crippen molar-refractivity contribution in [1.82, 2.24) is 15.0 Å². The summed E-state index contributed by atoms with van der Waals surface area (Å²) in [4.78, 5) is 27.4. The third kappa shape index (κ3) is 4.82. The maximum absolute atomic E-state index is 12.2. The lowest BCUT2D eigenvalue weighted by atomic mass is 10.2. The average Bonchev–Trinajstić information content (AvgIpc) is 2.71. The van der Waals surface area contributed by atoms with Crippen molar-refractivity contribution in [2.45, 2.75) is 20.8 Å². The van der Waals surface area contributed by atoms with Crippen LogP contribution in [0.4, 0.5) is 23.0 Å². The Hall–Kier alpha value is -3.48. The number of nitrogens with zero attached hydrogens (tertiary/aromatic N) is 4. The van der Waals surface area contributed by atoms with Crippen molar-refractivity contribution in [2.75, 3.05) is 28.6 Å². The van der Waals surface area contributed by atoms with Crippen molar-refractivity contribution in [3.8, 4) is 0 Å². The molecule has 3 rings (SSSR count). The van der Waals surface area contributed by atoms with E-state index < -0.39 is 0 Å². The highest BCUT2D eigenvalue weighted by molar-refractivity contribution is 6.02. The number of carbonyl (C=O) groups excluding carboxylic acids is 1. The summed E-state index contributed by atoms with van der Waals surface area (Å²) < 4.78 is 0. The molecule has 0 spiro atoms. The summed E-state index contributed by atoms with van der Waals surface area (Å²) in [6.07, 6.45) is 1.60. The molecule has 0 saturated heterocycles. The Morgan fingerprint density at radius 3 is 2.36 bits per heavy atom. The second-order valence-corrected chi connectivity index (χ2v) is 6.20. The van der Waals surface area contributed by atoms with Gasteiger partial charge in [-0.25, -0.2) is 9.97 Å². The molecule has 0 unspecified atom stereocenters. The first kappa shape index (κ1) is 19.3. The van der Waals surface area contributed by atoms with E-state index in [1.165, 1.54) is 0 Å². The zero-order valence-corrected chi connectivity index (χ0v) is 16.3. The summed E-state index contributed by atoms with van der Waals surface area (Å²) in [5.41, 5.74) is 1.95. The van der Waals surface area contributed by atoms with Gasteiger partial charge in [0, 0.05) is 36.7 Å². The van der Waals surface area contributed by atoms with Gasteiger partial charge in [-0.3, -0.25) is 9.78 Å². The van der Waals surface area contributed by atoms with Crippen LogP contribution in [0.1, 0.15) is 30.2 Å². The van der Waals surface area contributed by atoms with Crippen molar-refractivity contribution in [3.05, 3.63) is 66.2 Å². The van der Waals surface area contributed by atoms with Crippen LogP contribution in [-0.2, 0) is 0 Å². The first-order valence-electron chi connectivity index (χ1n) is 9.29. The zero-order valence-electron chi connectivity index (χ0n) is 16.3. The van der Waals surface area contributed by atoms with E-state index in [0.717, 1.165) is 30.4 Å². The van der Waals surface area contributed by atoms with E-state index in [4.69, 9.17) is 0 Å². The first-order chi connectivity index (χ1) is 13.6. The fourth-order valence-electron chi connectivity index (χ4n) is 2.80. The number of amides is 1. The number of carbonyl (C=O) groups is 1. The molecule has 7 heteroatoms. The van der Waals surface area contributed by atoms with Gasteiger partial charge in [0.25, 0.3) is 5.91 Å². The average molecular weight is 376 g/mol. The molecular weight excluding hydrogens is 352 g/mol. The molecule has 1 amide bonds. The molecule has 1 aromatic carbocycles. The Kier molecular flexibility index (Phi) is 6.16. The van der Waals surface area contributed by atoms with Crippen LogP contribution in [0.25, 0.3) is 0 Å². The van der Waals surface area contributed by atoms with Crippen molar-refractivity contribution >= 4 is 28.9 Å². The largest absolute Gasteiger partial charge is 0.357 e. The topological polar surface area (TPSA) is 83.0 Å². The number of anilines is 4. The maximum atomic E-state index is 12.2. The van der Waals surface area contributed by atoms with Gasteiger partial charge in [0.2, 0.25) is 0 Å². The number of hydrogen-bond acceptors (Lipinski definition) is 6. The van der Waals surface area contributed by atoms with Crippen molar-refractivity contribution in [3.63, 3.8) is 0 Å². The zero-order chi connectivity index (χ0) is 19.9. The highest BCUT2D eigenvalue weighted by Gasteiger charge is 2.09. The lowest BCUT2D eigenvalue weighted by Gasteiger charge is -2.20. The molecule has 3 aromatic rings. The second kappa shape index (κ2) is 8.94. The number of hydrogen-bond donors (Lipinski definition) is 2. The third-order valence-electron chi connectivity index (χ3n) is 4.22. The summed E-state index contributed by atoms with van der Waals surface area (Å²) in [5, 5.41) is 6.13. The standard InChI is InChI=1S/C21H24N6O/c1-4-27(5-2)20-14-19(23-15(3)24-20)25-16-9-11-17(12-10-16)26-21(28)18-8-6-7-13-22-18/h6-14H,4-5H2,1-3H3,(H,26,28)(H,23,24,25). The van der Waals surface area contributed by atoms with Gasteiger partial charge in [-0.15, -0.1) is 0 Å². The van der Waals surface area contributed by atoms with Gasteiger partial charge in [0.05, 0.1) is 0 Å². The highest BCUT2D eigenvalue weighted by atomic mass is 16.1. The Balaban J connectivity index is 1.70. The second-order valence-electron chi connectivity index (χ2n) is 6.20. The molecule has 2 aromatic heterocycles. The third-order valence-corrected chi connectivity index (χ3v) is 4.22. The molecule has 0 aliphatic carbocycles. The van der Waals surface area contributed by atoms with E-state index in [-0.39, 0.29) is 5.91 Å². The van der Waals surface area contributed by atoms with Gasteiger partial charge in [0.1, 0.15) is 23.2 Å². The quantitative estimate of drug-likeness (QED) is 0.648. The summed E-state index contributed by atoms with van der Waals surface area (Å²) in [6, 6.07) is 14.6. The van der Waals surface area contributed by atoms with E-state index in [0.29, 0.717) is 17.2 Å². The van der Waals surface area contributed by atoms with Gasteiger partial charge >= 0.3 is 0 Å².